The van der Waals surface area contributed by atoms with E-state index in [9.17, 15) is 0 Å². The van der Waals surface area contributed by atoms with Crippen molar-refractivity contribution in [1.29, 1.82) is 0 Å². The monoisotopic (exact) mass is 162 g/mol. The Hall–Kier alpha value is -1.15. The van der Waals surface area contributed by atoms with E-state index in [1.54, 1.807) is 6.20 Å². The highest BCUT2D eigenvalue weighted by atomic mass is 14.9. The fraction of sp³-hybridized carbons (Fsp3) is 0.300. The van der Waals surface area contributed by atoms with Gasteiger partial charge in [0.2, 0.25) is 0 Å². The predicted molar refractivity (Wildman–Crippen MR) is 50.7 cm³/mol. The molecule has 0 aliphatic heterocycles. The van der Waals surface area contributed by atoms with Gasteiger partial charge in [0.25, 0.3) is 0 Å². The second-order valence-electron chi connectivity index (χ2n) is 2.73. The summed E-state index contributed by atoms with van der Waals surface area (Å²) >= 11 is 0. The molecule has 0 aliphatic rings. The zero-order valence-corrected chi connectivity index (χ0v) is 7.33. The molecule has 0 radical (unpaired) electrons. The molecule has 1 aromatic heterocycles. The van der Waals surface area contributed by atoms with Crippen molar-refractivity contribution in [3.8, 4) is 0 Å². The fourth-order valence-electron chi connectivity index (χ4n) is 0.852. The highest BCUT2D eigenvalue weighted by molar-refractivity contribution is 5.03. The van der Waals surface area contributed by atoms with Crippen LogP contribution in [0.25, 0.3) is 0 Å². The van der Waals surface area contributed by atoms with Crippen molar-refractivity contribution in [2.24, 2.45) is 0 Å². The highest BCUT2D eigenvalue weighted by Gasteiger charge is 1.95. The molecule has 0 spiro atoms. The van der Waals surface area contributed by atoms with Gasteiger partial charge in [0.1, 0.15) is 0 Å². The van der Waals surface area contributed by atoms with Crippen LogP contribution in [0.5, 0.6) is 0 Å². The average molecular weight is 162 g/mol. The largest absolute Gasteiger partial charge is 0.305 e. The topological polar surface area (TPSA) is 24.9 Å². The number of rotatable bonds is 4. The molecule has 0 fully saturated rings. The minimum atomic E-state index is 0.340. The molecule has 2 heteroatoms. The third-order valence-electron chi connectivity index (χ3n) is 1.68. The molecule has 64 valence electrons. The van der Waals surface area contributed by atoms with E-state index in [1.165, 1.54) is 0 Å². The summed E-state index contributed by atoms with van der Waals surface area (Å²) in [7, 11) is 0. The van der Waals surface area contributed by atoms with Gasteiger partial charge in [-0.05, 0) is 19.1 Å². The van der Waals surface area contributed by atoms with Crippen molar-refractivity contribution in [3.05, 3.63) is 42.7 Å². The van der Waals surface area contributed by atoms with Gasteiger partial charge in [-0.15, -0.1) is 6.58 Å². The first-order valence-electron chi connectivity index (χ1n) is 4.09. The van der Waals surface area contributed by atoms with Crippen molar-refractivity contribution in [2.75, 3.05) is 0 Å². The van der Waals surface area contributed by atoms with Crippen LogP contribution in [0.15, 0.2) is 37.1 Å². The number of hydrogen-bond acceptors (Lipinski definition) is 2. The lowest BCUT2D eigenvalue weighted by atomic mass is 10.3. The van der Waals surface area contributed by atoms with Crippen LogP contribution < -0.4 is 5.32 Å². The molecular weight excluding hydrogens is 148 g/mol. The van der Waals surface area contributed by atoms with Crippen LogP contribution in [0.3, 0.4) is 0 Å². The fourth-order valence-corrected chi connectivity index (χ4v) is 0.852. The molecule has 0 aromatic carbocycles. The second kappa shape index (κ2) is 4.67. The Bertz CT molecular complexity index is 231. The Balaban J connectivity index is 2.38. The molecule has 0 saturated heterocycles. The van der Waals surface area contributed by atoms with Gasteiger partial charge in [0.05, 0.1) is 5.69 Å². The molecule has 0 bridgehead atoms. The lowest BCUT2D eigenvalue weighted by Crippen LogP contribution is -2.23. The van der Waals surface area contributed by atoms with Gasteiger partial charge in [0, 0.05) is 18.8 Å². The van der Waals surface area contributed by atoms with E-state index in [1.807, 2.05) is 24.3 Å². The van der Waals surface area contributed by atoms with Crippen LogP contribution in [0, 0.1) is 0 Å². The van der Waals surface area contributed by atoms with E-state index in [2.05, 4.69) is 23.8 Å². The molecule has 0 saturated carbocycles. The van der Waals surface area contributed by atoms with Crippen molar-refractivity contribution in [3.63, 3.8) is 0 Å². The Morgan fingerprint density at radius 1 is 1.67 bits per heavy atom. The normalized spacial score (nSPS) is 12.4. The lowest BCUT2D eigenvalue weighted by molar-refractivity contribution is 0.624. The minimum absolute atomic E-state index is 0.340. The maximum absolute atomic E-state index is 4.19. The van der Waals surface area contributed by atoms with Crippen LogP contribution in [0.4, 0.5) is 0 Å². The third kappa shape index (κ3) is 2.84. The van der Waals surface area contributed by atoms with E-state index in [-0.39, 0.29) is 0 Å². The Morgan fingerprint density at radius 3 is 3.08 bits per heavy atom. The molecule has 0 amide bonds. The van der Waals surface area contributed by atoms with Gasteiger partial charge < -0.3 is 5.32 Å². The Labute approximate surface area is 73.3 Å². The van der Waals surface area contributed by atoms with Crippen molar-refractivity contribution in [2.45, 2.75) is 19.5 Å². The summed E-state index contributed by atoms with van der Waals surface area (Å²) in [4.78, 5) is 4.19. The van der Waals surface area contributed by atoms with Gasteiger partial charge in [-0.3, -0.25) is 4.98 Å². The molecule has 12 heavy (non-hydrogen) atoms. The Morgan fingerprint density at radius 2 is 2.50 bits per heavy atom. The van der Waals surface area contributed by atoms with Crippen LogP contribution in [0.2, 0.25) is 0 Å². The van der Waals surface area contributed by atoms with Crippen molar-refractivity contribution >= 4 is 0 Å². The van der Waals surface area contributed by atoms with Crippen LogP contribution in [-0.2, 0) is 6.54 Å². The summed E-state index contributed by atoms with van der Waals surface area (Å²) in [5.74, 6) is 0. The molecule has 0 aliphatic carbocycles. The van der Waals surface area contributed by atoms with Crippen LogP contribution in [-0.4, -0.2) is 11.0 Å². The van der Waals surface area contributed by atoms with Crippen molar-refractivity contribution < 1.29 is 0 Å². The van der Waals surface area contributed by atoms with Gasteiger partial charge in [-0.25, -0.2) is 0 Å². The van der Waals surface area contributed by atoms with E-state index >= 15 is 0 Å². The van der Waals surface area contributed by atoms with Gasteiger partial charge >= 0.3 is 0 Å². The summed E-state index contributed by atoms with van der Waals surface area (Å²) in [5.41, 5.74) is 1.06. The van der Waals surface area contributed by atoms with E-state index in [0.717, 1.165) is 12.2 Å². The molecule has 1 atom stereocenters. The van der Waals surface area contributed by atoms with Crippen molar-refractivity contribution in [1.82, 2.24) is 10.3 Å². The third-order valence-corrected chi connectivity index (χ3v) is 1.68. The van der Waals surface area contributed by atoms with Gasteiger partial charge in [-0.2, -0.15) is 0 Å². The summed E-state index contributed by atoms with van der Waals surface area (Å²) in [6.07, 6.45) is 3.68. The maximum Gasteiger partial charge on any atom is 0.0541 e. The molecule has 1 unspecified atom stereocenters. The second-order valence-corrected chi connectivity index (χ2v) is 2.73. The minimum Gasteiger partial charge on any atom is -0.305 e. The van der Waals surface area contributed by atoms with Gasteiger partial charge in [-0.1, -0.05) is 12.1 Å². The lowest BCUT2D eigenvalue weighted by Gasteiger charge is -2.07. The molecule has 1 rings (SSSR count). The smallest absolute Gasteiger partial charge is 0.0541 e. The standard InChI is InChI=1S/C10H14N2/c1-3-9(2)12-8-10-6-4-5-7-11-10/h3-7,9,12H,1,8H2,2H3. The number of nitrogens with one attached hydrogen (secondary N) is 1. The Kier molecular flexibility index (Phi) is 3.48. The summed E-state index contributed by atoms with van der Waals surface area (Å²) < 4.78 is 0. The molecule has 1 aromatic rings. The first kappa shape index (κ1) is 8.94. The van der Waals surface area contributed by atoms with Gasteiger partial charge in [0.15, 0.2) is 0 Å². The zero-order chi connectivity index (χ0) is 8.81. The summed E-state index contributed by atoms with van der Waals surface area (Å²) in [6, 6.07) is 6.25. The summed E-state index contributed by atoms with van der Waals surface area (Å²) in [6.45, 7) is 6.56. The first-order valence-corrected chi connectivity index (χ1v) is 4.09. The quantitative estimate of drug-likeness (QED) is 0.682. The highest BCUT2D eigenvalue weighted by Crippen LogP contribution is 1.93. The average Bonchev–Trinajstić information content (AvgIpc) is 2.16. The maximum atomic E-state index is 4.19. The molecule has 1 N–H and O–H groups in total. The summed E-state index contributed by atoms with van der Waals surface area (Å²) in [5, 5.41) is 3.27. The molecule has 2 nitrogen and oxygen atoms in total. The zero-order valence-electron chi connectivity index (χ0n) is 7.33. The molecular formula is C10H14N2. The predicted octanol–water partition coefficient (Wildman–Crippen LogP) is 1.75. The number of pyridine rings is 1. The SMILES string of the molecule is C=CC(C)NCc1ccccn1. The molecule has 1 heterocycles. The van der Waals surface area contributed by atoms with Crippen LogP contribution in [0.1, 0.15) is 12.6 Å². The number of hydrogen-bond donors (Lipinski definition) is 1. The van der Waals surface area contributed by atoms with E-state index in [0.29, 0.717) is 6.04 Å². The van der Waals surface area contributed by atoms with E-state index in [4.69, 9.17) is 0 Å². The number of aromatic nitrogens is 1. The van der Waals surface area contributed by atoms with Crippen LogP contribution >= 0.6 is 0 Å². The van der Waals surface area contributed by atoms with E-state index < -0.39 is 0 Å². The number of nitrogens with zero attached hydrogens (tertiary/aromatic N) is 1. The first-order chi connectivity index (χ1) is 5.83.